The highest BCUT2D eigenvalue weighted by Gasteiger charge is 2.38. The molecular weight excluding hydrogens is 434 g/mol. The van der Waals surface area contributed by atoms with Gasteiger partial charge in [-0.1, -0.05) is 0 Å². The smallest absolute Gasteiger partial charge is 0.407 e. The highest BCUT2D eigenvalue weighted by Crippen LogP contribution is 2.32. The average Bonchev–Trinajstić information content (AvgIpc) is 2.99. The molecular formula is C19H21BrF2N4O2. The quantitative estimate of drug-likeness (QED) is 0.758. The van der Waals surface area contributed by atoms with E-state index in [0.29, 0.717) is 19.0 Å². The molecule has 6 nitrogen and oxygen atoms in total. The summed E-state index contributed by atoms with van der Waals surface area (Å²) in [6, 6.07) is 2.82. The predicted molar refractivity (Wildman–Crippen MR) is 104 cm³/mol. The van der Waals surface area contributed by atoms with Gasteiger partial charge in [0, 0.05) is 31.4 Å². The SMILES string of the molecule is CC(C)(C)OC(=O)NC1CN(c2ncc(Br)cn2)CC1c1cc(F)ccc1F. The van der Waals surface area contributed by atoms with Crippen LogP contribution in [-0.2, 0) is 4.74 Å². The van der Waals surface area contributed by atoms with E-state index in [4.69, 9.17) is 4.74 Å². The molecule has 1 aliphatic heterocycles. The van der Waals surface area contributed by atoms with Crippen molar-refractivity contribution in [2.75, 3.05) is 18.0 Å². The number of nitrogens with zero attached hydrogens (tertiary/aromatic N) is 3. The molecule has 1 aromatic carbocycles. The van der Waals surface area contributed by atoms with Gasteiger partial charge in [0.25, 0.3) is 0 Å². The maximum Gasteiger partial charge on any atom is 0.407 e. The van der Waals surface area contributed by atoms with E-state index in [0.717, 1.165) is 22.7 Å². The standard InChI is InChI=1S/C19H21BrF2N4O2/c1-19(2,3)28-18(27)25-16-10-26(17-23-7-11(20)8-24-17)9-14(16)13-6-12(21)4-5-15(13)22/h4-8,14,16H,9-10H2,1-3H3,(H,25,27). The number of anilines is 1. The number of aromatic nitrogens is 2. The molecule has 9 heteroatoms. The van der Waals surface area contributed by atoms with Crippen LogP contribution >= 0.6 is 15.9 Å². The summed E-state index contributed by atoms with van der Waals surface area (Å²) in [6.45, 7) is 5.93. The summed E-state index contributed by atoms with van der Waals surface area (Å²) in [5, 5.41) is 2.79. The molecule has 2 heterocycles. The number of alkyl carbamates (subject to hydrolysis) is 1. The largest absolute Gasteiger partial charge is 0.444 e. The zero-order chi connectivity index (χ0) is 20.5. The first-order valence-corrected chi connectivity index (χ1v) is 9.58. The van der Waals surface area contributed by atoms with Crippen LogP contribution < -0.4 is 10.2 Å². The van der Waals surface area contributed by atoms with Crippen LogP contribution in [0.2, 0.25) is 0 Å². The van der Waals surface area contributed by atoms with Crippen LogP contribution in [0.25, 0.3) is 0 Å². The van der Waals surface area contributed by atoms with Crippen molar-refractivity contribution in [2.24, 2.45) is 0 Å². The third kappa shape index (κ3) is 4.95. The molecule has 28 heavy (non-hydrogen) atoms. The molecule has 0 saturated carbocycles. The molecule has 1 N–H and O–H groups in total. The number of amides is 1. The van der Waals surface area contributed by atoms with E-state index < -0.39 is 35.3 Å². The molecule has 2 atom stereocenters. The molecule has 1 aromatic heterocycles. The zero-order valence-electron chi connectivity index (χ0n) is 15.7. The van der Waals surface area contributed by atoms with Gasteiger partial charge in [-0.25, -0.2) is 23.5 Å². The minimum absolute atomic E-state index is 0.195. The topological polar surface area (TPSA) is 67.3 Å². The Labute approximate surface area is 170 Å². The molecule has 2 aromatic rings. The molecule has 0 spiro atoms. The van der Waals surface area contributed by atoms with Gasteiger partial charge in [-0.05, 0) is 60.5 Å². The van der Waals surface area contributed by atoms with E-state index in [1.807, 2.05) is 4.90 Å². The first-order valence-electron chi connectivity index (χ1n) is 8.79. The Morgan fingerprint density at radius 3 is 2.57 bits per heavy atom. The van der Waals surface area contributed by atoms with E-state index in [1.54, 1.807) is 33.2 Å². The van der Waals surface area contributed by atoms with Crippen LogP contribution in [0.3, 0.4) is 0 Å². The minimum Gasteiger partial charge on any atom is -0.444 e. The minimum atomic E-state index is -0.670. The second kappa shape index (κ2) is 7.98. The molecule has 3 rings (SSSR count). The number of benzene rings is 1. The van der Waals surface area contributed by atoms with Crippen LogP contribution in [0.5, 0.6) is 0 Å². The van der Waals surface area contributed by atoms with Crippen LogP contribution in [0.15, 0.2) is 35.1 Å². The molecule has 0 aliphatic carbocycles. The summed E-state index contributed by atoms with van der Waals surface area (Å²) in [4.78, 5) is 22.6. The van der Waals surface area contributed by atoms with E-state index in [2.05, 4.69) is 31.2 Å². The van der Waals surface area contributed by atoms with Crippen molar-refractivity contribution < 1.29 is 18.3 Å². The van der Waals surface area contributed by atoms with Gasteiger partial charge in [0.05, 0.1) is 10.5 Å². The number of carbonyl (C=O) groups is 1. The predicted octanol–water partition coefficient (Wildman–Crippen LogP) is 4.01. The van der Waals surface area contributed by atoms with Crippen LogP contribution in [0.1, 0.15) is 32.3 Å². The van der Waals surface area contributed by atoms with Crippen molar-refractivity contribution in [3.63, 3.8) is 0 Å². The second-order valence-corrected chi connectivity index (χ2v) is 8.55. The first-order chi connectivity index (χ1) is 13.1. The van der Waals surface area contributed by atoms with Gasteiger partial charge in [-0.3, -0.25) is 0 Å². The van der Waals surface area contributed by atoms with Crippen LogP contribution in [0.4, 0.5) is 19.5 Å². The fraction of sp³-hybridized carbons (Fsp3) is 0.421. The third-order valence-corrected chi connectivity index (χ3v) is 4.68. The summed E-state index contributed by atoms with van der Waals surface area (Å²) in [6.07, 6.45) is 2.60. The first kappa shape index (κ1) is 20.4. The maximum atomic E-state index is 14.4. The van der Waals surface area contributed by atoms with Crippen LogP contribution in [0, 0.1) is 11.6 Å². The Hall–Kier alpha value is -2.29. The number of nitrogens with one attached hydrogen (secondary N) is 1. The molecule has 0 radical (unpaired) electrons. The Kier molecular flexibility index (Phi) is 5.83. The Bertz CT molecular complexity index is 858. The van der Waals surface area contributed by atoms with Crippen LogP contribution in [-0.4, -0.2) is 40.8 Å². The Balaban J connectivity index is 1.87. The highest BCUT2D eigenvalue weighted by atomic mass is 79.9. The summed E-state index contributed by atoms with van der Waals surface area (Å²) in [5.41, 5.74) is -0.475. The second-order valence-electron chi connectivity index (χ2n) is 7.63. The Morgan fingerprint density at radius 1 is 1.25 bits per heavy atom. The fourth-order valence-electron chi connectivity index (χ4n) is 3.15. The molecule has 1 fully saturated rings. The van der Waals surface area contributed by atoms with Crippen molar-refractivity contribution >= 4 is 28.0 Å². The molecule has 1 amide bonds. The molecule has 2 unspecified atom stereocenters. The lowest BCUT2D eigenvalue weighted by molar-refractivity contribution is 0.0504. The third-order valence-electron chi connectivity index (χ3n) is 4.27. The summed E-state index contributed by atoms with van der Waals surface area (Å²) < 4.78 is 34.2. The number of hydrogen-bond acceptors (Lipinski definition) is 5. The van der Waals surface area contributed by atoms with Gasteiger partial charge >= 0.3 is 6.09 Å². The highest BCUT2D eigenvalue weighted by molar-refractivity contribution is 9.10. The summed E-state index contributed by atoms with van der Waals surface area (Å²) in [7, 11) is 0. The molecule has 1 aliphatic rings. The van der Waals surface area contributed by atoms with E-state index >= 15 is 0 Å². The van der Waals surface area contributed by atoms with Gasteiger partial charge in [-0.15, -0.1) is 0 Å². The van der Waals surface area contributed by atoms with Gasteiger partial charge in [0.15, 0.2) is 0 Å². The van der Waals surface area contributed by atoms with Crippen molar-refractivity contribution in [2.45, 2.75) is 38.3 Å². The van der Waals surface area contributed by atoms with E-state index in [9.17, 15) is 13.6 Å². The lowest BCUT2D eigenvalue weighted by Crippen LogP contribution is -2.43. The molecule has 1 saturated heterocycles. The van der Waals surface area contributed by atoms with Gasteiger partial charge < -0.3 is 15.0 Å². The summed E-state index contributed by atoms with van der Waals surface area (Å²) >= 11 is 3.28. The van der Waals surface area contributed by atoms with Crippen molar-refractivity contribution in [3.05, 3.63) is 52.3 Å². The lowest BCUT2D eigenvalue weighted by atomic mass is 9.94. The zero-order valence-corrected chi connectivity index (χ0v) is 17.3. The van der Waals surface area contributed by atoms with Crippen molar-refractivity contribution in [1.82, 2.24) is 15.3 Å². The van der Waals surface area contributed by atoms with Crippen molar-refractivity contribution in [1.29, 1.82) is 0 Å². The molecule has 150 valence electrons. The number of carbonyl (C=O) groups excluding carboxylic acids is 1. The number of rotatable bonds is 3. The van der Waals surface area contributed by atoms with Gasteiger partial charge in [0.1, 0.15) is 17.2 Å². The normalized spacial score (nSPS) is 19.6. The maximum absolute atomic E-state index is 14.4. The van der Waals surface area contributed by atoms with E-state index in [-0.39, 0.29) is 5.56 Å². The van der Waals surface area contributed by atoms with E-state index in [1.165, 1.54) is 0 Å². The number of hydrogen-bond donors (Lipinski definition) is 1. The Morgan fingerprint density at radius 2 is 1.93 bits per heavy atom. The van der Waals surface area contributed by atoms with Gasteiger partial charge in [0.2, 0.25) is 5.95 Å². The van der Waals surface area contributed by atoms with Gasteiger partial charge in [-0.2, -0.15) is 0 Å². The van der Waals surface area contributed by atoms with Crippen molar-refractivity contribution in [3.8, 4) is 0 Å². The molecule has 0 bridgehead atoms. The summed E-state index contributed by atoms with van der Waals surface area (Å²) in [5.74, 6) is -1.11. The lowest BCUT2D eigenvalue weighted by Gasteiger charge is -2.24. The monoisotopic (exact) mass is 454 g/mol. The number of ether oxygens (including phenoxy) is 1. The number of halogens is 3. The fourth-order valence-corrected chi connectivity index (χ4v) is 3.36. The average molecular weight is 455 g/mol.